The average Bonchev–Trinajstić information content (AvgIpc) is 2.48. The maximum atomic E-state index is 2.42. The molecule has 3 aromatic carbocycles. The normalized spacial score (nSPS) is 10.9. The van der Waals surface area contributed by atoms with E-state index in [1.54, 1.807) is 0 Å². The monoisotopic (exact) mass is 730 g/mol. The minimum atomic E-state index is -1.95. The van der Waals surface area contributed by atoms with Gasteiger partial charge in [-0.3, -0.25) is 0 Å². The van der Waals surface area contributed by atoms with Gasteiger partial charge in [0.05, 0.1) is 0 Å². The van der Waals surface area contributed by atoms with Crippen molar-refractivity contribution in [3.63, 3.8) is 0 Å². The number of rotatable bonds is 3. The summed E-state index contributed by atoms with van der Waals surface area (Å²) >= 11 is 5.31. The zero-order chi connectivity index (χ0) is 15.5. The summed E-state index contributed by atoms with van der Waals surface area (Å²) in [6, 6.07) is 27.1. The maximum absolute atomic E-state index is 2.42. The van der Waals surface area contributed by atoms with Crippen molar-refractivity contribution in [3.8, 4) is 0 Å². The molecule has 3 aromatic rings. The second-order valence-corrected chi connectivity index (χ2v) is 14.8. The summed E-state index contributed by atoms with van der Waals surface area (Å²) in [6.07, 6.45) is 0. The van der Waals surface area contributed by atoms with Crippen LogP contribution >= 0.6 is 67.8 Å². The Morgan fingerprint density at radius 3 is 1.09 bits per heavy atom. The molecule has 4 heteroatoms. The SMILES string of the molecule is Ic1ccc[c]([Sb]([c]2cccc(I)c2)[c]2cccc(I)c2)c1. The summed E-state index contributed by atoms with van der Waals surface area (Å²) in [5.74, 6) is 0. The Bertz CT molecular complexity index is 693. The van der Waals surface area contributed by atoms with Gasteiger partial charge in [-0.05, 0) is 0 Å². The van der Waals surface area contributed by atoms with Gasteiger partial charge in [-0.25, -0.2) is 0 Å². The van der Waals surface area contributed by atoms with Crippen LogP contribution in [0.4, 0.5) is 0 Å². The van der Waals surface area contributed by atoms with Gasteiger partial charge in [0.25, 0.3) is 0 Å². The molecule has 0 N–H and O–H groups in total. The van der Waals surface area contributed by atoms with Gasteiger partial charge in [0.2, 0.25) is 0 Å². The first kappa shape index (κ1) is 17.5. The van der Waals surface area contributed by atoms with E-state index in [1.165, 1.54) is 21.2 Å². The van der Waals surface area contributed by atoms with Crippen molar-refractivity contribution in [3.05, 3.63) is 83.5 Å². The molecule has 0 aromatic heterocycles. The summed E-state index contributed by atoms with van der Waals surface area (Å²) in [6.45, 7) is 0. The molecule has 0 atom stereocenters. The van der Waals surface area contributed by atoms with Crippen LogP contribution in [0.1, 0.15) is 0 Å². The van der Waals surface area contributed by atoms with Crippen LogP contribution in [-0.4, -0.2) is 20.2 Å². The van der Waals surface area contributed by atoms with Crippen LogP contribution < -0.4 is 10.5 Å². The molecule has 0 fully saturated rings. The van der Waals surface area contributed by atoms with Crippen LogP contribution in [0.3, 0.4) is 0 Å². The van der Waals surface area contributed by atoms with Gasteiger partial charge in [0.1, 0.15) is 0 Å². The van der Waals surface area contributed by atoms with Gasteiger partial charge in [-0.2, -0.15) is 0 Å². The molecular formula is C18H12I3Sb. The third kappa shape index (κ3) is 4.39. The molecule has 3 rings (SSSR count). The third-order valence-corrected chi connectivity index (χ3v) is 12.0. The van der Waals surface area contributed by atoms with E-state index in [9.17, 15) is 0 Å². The quantitative estimate of drug-likeness (QED) is 0.283. The van der Waals surface area contributed by atoms with E-state index in [4.69, 9.17) is 0 Å². The molecule has 0 aliphatic rings. The van der Waals surface area contributed by atoms with E-state index in [1.807, 2.05) is 0 Å². The molecule has 0 aliphatic heterocycles. The van der Waals surface area contributed by atoms with Gasteiger partial charge >= 0.3 is 182 Å². The molecule has 0 bridgehead atoms. The predicted octanol–water partition coefficient (Wildman–Crippen LogP) is 4.02. The van der Waals surface area contributed by atoms with Crippen LogP contribution in [-0.2, 0) is 0 Å². The summed E-state index contributed by atoms with van der Waals surface area (Å²) < 4.78 is 8.54. The Labute approximate surface area is 179 Å². The van der Waals surface area contributed by atoms with E-state index < -0.39 is 20.2 Å². The Kier molecular flexibility index (Phi) is 6.49. The van der Waals surface area contributed by atoms with E-state index in [0.717, 1.165) is 0 Å². The summed E-state index contributed by atoms with van der Waals surface area (Å²) in [5.41, 5.74) is 0. The molecule has 0 aliphatic carbocycles. The molecule has 22 heavy (non-hydrogen) atoms. The van der Waals surface area contributed by atoms with Crippen molar-refractivity contribution >= 4 is 98.5 Å². The molecule has 0 unspecified atom stereocenters. The second-order valence-electron chi connectivity index (χ2n) is 4.78. The minimum absolute atomic E-state index is 1.32. The zero-order valence-electron chi connectivity index (χ0n) is 11.5. The molecule has 0 saturated carbocycles. The molecule has 110 valence electrons. The standard InChI is InChI=1S/3C6H4I.Sb/c3*7-6-4-2-1-3-5-6;/h3*1-2,4-5H;. The van der Waals surface area contributed by atoms with Crippen molar-refractivity contribution in [1.82, 2.24) is 0 Å². The Morgan fingerprint density at radius 2 is 0.818 bits per heavy atom. The van der Waals surface area contributed by atoms with Crippen LogP contribution in [0, 0.1) is 10.7 Å². The fourth-order valence-corrected chi connectivity index (χ4v) is 13.0. The molecule has 0 saturated heterocycles. The molecule has 0 radical (unpaired) electrons. The van der Waals surface area contributed by atoms with Crippen LogP contribution in [0.5, 0.6) is 0 Å². The van der Waals surface area contributed by atoms with Crippen LogP contribution in [0.25, 0.3) is 0 Å². The van der Waals surface area contributed by atoms with Gasteiger partial charge in [-0.15, -0.1) is 0 Å². The predicted molar refractivity (Wildman–Crippen MR) is 122 cm³/mol. The Hall–Kier alpha value is 0.668. The molecule has 0 spiro atoms. The molecule has 0 amide bonds. The van der Waals surface area contributed by atoms with Gasteiger partial charge < -0.3 is 0 Å². The van der Waals surface area contributed by atoms with Crippen molar-refractivity contribution in [1.29, 1.82) is 0 Å². The van der Waals surface area contributed by atoms with Crippen LogP contribution in [0.2, 0.25) is 0 Å². The topological polar surface area (TPSA) is 0 Å². The van der Waals surface area contributed by atoms with E-state index in [2.05, 4.69) is 141 Å². The van der Waals surface area contributed by atoms with Crippen molar-refractivity contribution in [2.45, 2.75) is 0 Å². The fourth-order valence-electron chi connectivity index (χ4n) is 2.29. The first-order chi connectivity index (χ1) is 10.6. The summed E-state index contributed by atoms with van der Waals surface area (Å²) in [5, 5.41) is 0. The first-order valence-electron chi connectivity index (χ1n) is 6.70. The average molecular weight is 731 g/mol. The first-order valence-corrected chi connectivity index (χ1v) is 13.8. The Balaban J connectivity index is 2.18. The van der Waals surface area contributed by atoms with Gasteiger partial charge in [-0.1, -0.05) is 0 Å². The van der Waals surface area contributed by atoms with E-state index in [0.29, 0.717) is 0 Å². The number of hydrogen-bond donors (Lipinski definition) is 0. The third-order valence-electron chi connectivity index (χ3n) is 3.20. The molecule has 0 nitrogen and oxygen atoms in total. The summed E-state index contributed by atoms with van der Waals surface area (Å²) in [4.78, 5) is 0. The number of halogens is 3. The van der Waals surface area contributed by atoms with Crippen molar-refractivity contribution < 1.29 is 0 Å². The Morgan fingerprint density at radius 1 is 0.500 bits per heavy atom. The van der Waals surface area contributed by atoms with E-state index in [-0.39, 0.29) is 0 Å². The van der Waals surface area contributed by atoms with Crippen molar-refractivity contribution in [2.24, 2.45) is 0 Å². The zero-order valence-corrected chi connectivity index (χ0v) is 20.5. The van der Waals surface area contributed by atoms with Gasteiger partial charge in [0, 0.05) is 0 Å². The molecular weight excluding hydrogens is 719 g/mol. The van der Waals surface area contributed by atoms with Gasteiger partial charge in [0.15, 0.2) is 0 Å². The van der Waals surface area contributed by atoms with Crippen molar-refractivity contribution in [2.75, 3.05) is 0 Å². The number of benzene rings is 3. The second kappa shape index (κ2) is 8.17. The molecule has 0 heterocycles. The number of hydrogen-bond acceptors (Lipinski definition) is 0. The van der Waals surface area contributed by atoms with E-state index >= 15 is 0 Å². The summed E-state index contributed by atoms with van der Waals surface area (Å²) in [7, 11) is 0. The fraction of sp³-hybridized carbons (Fsp3) is 0. The van der Waals surface area contributed by atoms with Crippen LogP contribution in [0.15, 0.2) is 72.8 Å².